The van der Waals surface area contributed by atoms with E-state index in [1.807, 2.05) is 6.92 Å². The molecule has 1 unspecified atom stereocenters. The lowest BCUT2D eigenvalue weighted by molar-refractivity contribution is -0.141. The van der Waals surface area contributed by atoms with Gasteiger partial charge in [-0.05, 0) is 13.3 Å². The fourth-order valence-corrected chi connectivity index (χ4v) is 0.979. The van der Waals surface area contributed by atoms with Crippen molar-refractivity contribution in [1.29, 1.82) is 0 Å². The highest BCUT2D eigenvalue weighted by atomic mass is 16.2. The SMILES string of the molecule is CCCC(C(C)=O)C(=O)C(N)=O. The quantitative estimate of drug-likeness (QED) is 0.469. The molecule has 1 atom stereocenters. The van der Waals surface area contributed by atoms with Crippen molar-refractivity contribution in [3.8, 4) is 0 Å². The maximum absolute atomic E-state index is 11.0. The second-order valence-corrected chi connectivity index (χ2v) is 2.68. The Labute approximate surface area is 71.1 Å². The van der Waals surface area contributed by atoms with E-state index in [0.717, 1.165) is 0 Å². The number of amides is 1. The Kier molecular flexibility index (Phi) is 4.18. The lowest BCUT2D eigenvalue weighted by atomic mass is 9.94. The molecule has 0 aliphatic rings. The van der Waals surface area contributed by atoms with Gasteiger partial charge in [-0.15, -0.1) is 0 Å². The van der Waals surface area contributed by atoms with Crippen LogP contribution in [0.15, 0.2) is 0 Å². The molecule has 0 saturated heterocycles. The van der Waals surface area contributed by atoms with E-state index in [1.165, 1.54) is 6.92 Å². The van der Waals surface area contributed by atoms with E-state index < -0.39 is 17.6 Å². The van der Waals surface area contributed by atoms with E-state index in [9.17, 15) is 14.4 Å². The van der Waals surface area contributed by atoms with Gasteiger partial charge in [-0.3, -0.25) is 14.4 Å². The first-order valence-electron chi connectivity index (χ1n) is 3.84. The lowest BCUT2D eigenvalue weighted by Crippen LogP contribution is -2.33. The smallest absolute Gasteiger partial charge is 0.285 e. The number of hydrogen-bond acceptors (Lipinski definition) is 3. The van der Waals surface area contributed by atoms with Crippen molar-refractivity contribution in [2.45, 2.75) is 26.7 Å². The van der Waals surface area contributed by atoms with Crippen molar-refractivity contribution in [1.82, 2.24) is 0 Å². The highest BCUT2D eigenvalue weighted by Gasteiger charge is 2.25. The Morgan fingerprint density at radius 2 is 1.83 bits per heavy atom. The second kappa shape index (κ2) is 4.64. The van der Waals surface area contributed by atoms with Crippen LogP contribution in [-0.2, 0) is 14.4 Å². The Hall–Kier alpha value is -1.19. The number of rotatable bonds is 5. The lowest BCUT2D eigenvalue weighted by Gasteiger charge is -2.07. The van der Waals surface area contributed by atoms with E-state index in [1.54, 1.807) is 0 Å². The number of Topliss-reactive ketones (excluding diaryl/α,β-unsaturated/α-hetero) is 2. The van der Waals surface area contributed by atoms with Crippen LogP contribution < -0.4 is 5.73 Å². The topological polar surface area (TPSA) is 77.2 Å². The summed E-state index contributed by atoms with van der Waals surface area (Å²) in [4.78, 5) is 32.3. The van der Waals surface area contributed by atoms with Crippen LogP contribution in [0.3, 0.4) is 0 Å². The molecule has 0 aliphatic heterocycles. The molecule has 68 valence electrons. The van der Waals surface area contributed by atoms with Gasteiger partial charge in [0.2, 0.25) is 5.78 Å². The van der Waals surface area contributed by atoms with Crippen molar-refractivity contribution in [2.75, 3.05) is 0 Å². The summed E-state index contributed by atoms with van der Waals surface area (Å²) in [6.45, 7) is 3.13. The van der Waals surface area contributed by atoms with Crippen molar-refractivity contribution in [2.24, 2.45) is 11.7 Å². The molecule has 4 nitrogen and oxygen atoms in total. The predicted octanol–water partition coefficient (Wildman–Crippen LogP) is 0.0461. The summed E-state index contributed by atoms with van der Waals surface area (Å²) in [6.07, 6.45) is 1.08. The van der Waals surface area contributed by atoms with Crippen LogP contribution in [-0.4, -0.2) is 17.5 Å². The first kappa shape index (κ1) is 10.8. The molecule has 1 amide bonds. The summed E-state index contributed by atoms with van der Waals surface area (Å²) in [7, 11) is 0. The summed E-state index contributed by atoms with van der Waals surface area (Å²) < 4.78 is 0. The Balaban J connectivity index is 4.40. The fraction of sp³-hybridized carbons (Fsp3) is 0.625. The van der Waals surface area contributed by atoms with E-state index >= 15 is 0 Å². The van der Waals surface area contributed by atoms with Crippen LogP contribution >= 0.6 is 0 Å². The molecule has 0 rings (SSSR count). The van der Waals surface area contributed by atoms with Gasteiger partial charge in [0.1, 0.15) is 5.78 Å². The molecule has 12 heavy (non-hydrogen) atoms. The summed E-state index contributed by atoms with van der Waals surface area (Å²) in [5.41, 5.74) is 4.76. The maximum atomic E-state index is 11.0. The standard InChI is InChI=1S/C8H13NO3/c1-3-4-6(5(2)10)7(11)8(9)12/h6H,3-4H2,1-2H3,(H2,9,12). The van der Waals surface area contributed by atoms with Crippen LogP contribution in [0.25, 0.3) is 0 Å². The van der Waals surface area contributed by atoms with Gasteiger partial charge in [0.25, 0.3) is 5.91 Å². The molecule has 0 heterocycles. The van der Waals surface area contributed by atoms with Gasteiger partial charge in [0, 0.05) is 0 Å². The summed E-state index contributed by atoms with van der Waals surface area (Å²) in [5.74, 6) is -2.92. The molecule has 0 aromatic carbocycles. The third kappa shape index (κ3) is 2.82. The van der Waals surface area contributed by atoms with Crippen molar-refractivity contribution in [3.63, 3.8) is 0 Å². The molecule has 0 radical (unpaired) electrons. The first-order valence-corrected chi connectivity index (χ1v) is 3.84. The number of ketones is 2. The molecule has 0 aromatic rings. The van der Waals surface area contributed by atoms with Gasteiger partial charge in [-0.25, -0.2) is 0 Å². The van der Waals surface area contributed by atoms with Gasteiger partial charge < -0.3 is 5.73 Å². The van der Waals surface area contributed by atoms with E-state index in [0.29, 0.717) is 12.8 Å². The largest absolute Gasteiger partial charge is 0.363 e. The van der Waals surface area contributed by atoms with Gasteiger partial charge in [0.15, 0.2) is 0 Å². The Morgan fingerprint density at radius 1 is 1.33 bits per heavy atom. The zero-order valence-electron chi connectivity index (χ0n) is 7.29. The van der Waals surface area contributed by atoms with E-state index in [-0.39, 0.29) is 5.78 Å². The van der Waals surface area contributed by atoms with Crippen LogP contribution in [0.1, 0.15) is 26.7 Å². The molecular weight excluding hydrogens is 158 g/mol. The average Bonchev–Trinajstić information content (AvgIpc) is 1.98. The third-order valence-electron chi connectivity index (χ3n) is 1.63. The minimum atomic E-state index is -1.02. The van der Waals surface area contributed by atoms with Crippen LogP contribution in [0.2, 0.25) is 0 Å². The minimum absolute atomic E-state index is 0.291. The third-order valence-corrected chi connectivity index (χ3v) is 1.63. The number of nitrogens with two attached hydrogens (primary N) is 1. The van der Waals surface area contributed by atoms with Gasteiger partial charge in [-0.2, -0.15) is 0 Å². The number of primary amides is 1. The highest BCUT2D eigenvalue weighted by molar-refractivity contribution is 6.39. The average molecular weight is 171 g/mol. The molecule has 4 heteroatoms. The Bertz CT molecular complexity index is 210. The zero-order valence-corrected chi connectivity index (χ0v) is 7.29. The molecule has 0 aliphatic carbocycles. The van der Waals surface area contributed by atoms with Crippen LogP contribution in [0.4, 0.5) is 0 Å². The molecule has 0 saturated carbocycles. The van der Waals surface area contributed by atoms with E-state index in [4.69, 9.17) is 5.73 Å². The fourth-order valence-electron chi connectivity index (χ4n) is 0.979. The monoisotopic (exact) mass is 171 g/mol. The Morgan fingerprint density at radius 3 is 2.08 bits per heavy atom. The molecule has 2 N–H and O–H groups in total. The van der Waals surface area contributed by atoms with Crippen LogP contribution in [0.5, 0.6) is 0 Å². The van der Waals surface area contributed by atoms with Gasteiger partial charge in [-0.1, -0.05) is 13.3 Å². The van der Waals surface area contributed by atoms with Crippen molar-refractivity contribution < 1.29 is 14.4 Å². The van der Waals surface area contributed by atoms with Crippen molar-refractivity contribution in [3.05, 3.63) is 0 Å². The van der Waals surface area contributed by atoms with Gasteiger partial charge in [0.05, 0.1) is 5.92 Å². The molecule has 0 fully saturated rings. The molecule has 0 aromatic heterocycles. The first-order chi connectivity index (χ1) is 5.50. The second-order valence-electron chi connectivity index (χ2n) is 2.68. The molecular formula is C8H13NO3. The van der Waals surface area contributed by atoms with E-state index in [2.05, 4.69) is 0 Å². The predicted molar refractivity (Wildman–Crippen MR) is 43.3 cm³/mol. The van der Waals surface area contributed by atoms with Gasteiger partial charge >= 0.3 is 0 Å². The van der Waals surface area contributed by atoms with Crippen LogP contribution in [0, 0.1) is 5.92 Å². The summed E-state index contributed by atoms with van der Waals surface area (Å²) in [5, 5.41) is 0. The molecule has 0 spiro atoms. The summed E-state index contributed by atoms with van der Waals surface area (Å²) in [6, 6.07) is 0. The highest BCUT2D eigenvalue weighted by Crippen LogP contribution is 2.08. The normalized spacial score (nSPS) is 12.2. The minimum Gasteiger partial charge on any atom is -0.363 e. The molecule has 0 bridgehead atoms. The van der Waals surface area contributed by atoms with Crippen molar-refractivity contribution >= 4 is 17.5 Å². The summed E-state index contributed by atoms with van der Waals surface area (Å²) >= 11 is 0. The number of carbonyl (C=O) groups is 3. The number of hydrogen-bond donors (Lipinski definition) is 1. The maximum Gasteiger partial charge on any atom is 0.285 e. The number of carbonyl (C=O) groups excluding carboxylic acids is 3. The zero-order chi connectivity index (χ0) is 9.72.